The van der Waals surface area contributed by atoms with Gasteiger partial charge in [-0.05, 0) is 25.3 Å². The van der Waals surface area contributed by atoms with Crippen molar-refractivity contribution in [1.29, 1.82) is 0 Å². The lowest BCUT2D eigenvalue weighted by atomic mass is 9.81. The number of esters is 1. The zero-order valence-electron chi connectivity index (χ0n) is 12.0. The fraction of sp³-hybridized carbons (Fsp3) is 0.471. The largest absolute Gasteiger partial charge is 0.489 e. The zero-order chi connectivity index (χ0) is 14.4. The number of carbonyl (C=O) groups excluding carboxylic acids is 1. The maximum atomic E-state index is 11.3. The summed E-state index contributed by atoms with van der Waals surface area (Å²) in [6.07, 6.45) is 5.95. The highest BCUT2D eigenvalue weighted by molar-refractivity contribution is 5.66. The number of carbonyl (C=O) groups is 1. The fourth-order valence-corrected chi connectivity index (χ4v) is 2.87. The van der Waals surface area contributed by atoms with Crippen molar-refractivity contribution in [2.75, 3.05) is 6.61 Å². The van der Waals surface area contributed by atoms with Crippen molar-refractivity contribution in [3.05, 3.63) is 42.5 Å². The first-order valence-electron chi connectivity index (χ1n) is 7.22. The molecule has 108 valence electrons. The Kier molecular flexibility index (Phi) is 5.22. The second kappa shape index (κ2) is 7.13. The first kappa shape index (κ1) is 14.6. The fourth-order valence-electron chi connectivity index (χ4n) is 2.87. The van der Waals surface area contributed by atoms with E-state index >= 15 is 0 Å². The molecule has 0 aliphatic heterocycles. The number of hydrogen-bond acceptors (Lipinski definition) is 3. The van der Waals surface area contributed by atoms with Gasteiger partial charge in [-0.3, -0.25) is 4.79 Å². The van der Waals surface area contributed by atoms with Gasteiger partial charge in [-0.2, -0.15) is 0 Å². The Labute approximate surface area is 120 Å². The van der Waals surface area contributed by atoms with Crippen molar-refractivity contribution in [2.45, 2.75) is 44.6 Å². The van der Waals surface area contributed by atoms with Crippen LogP contribution in [-0.4, -0.2) is 18.7 Å². The molecule has 1 saturated carbocycles. The lowest BCUT2D eigenvalue weighted by Crippen LogP contribution is -2.28. The normalized spacial score (nSPS) is 22.1. The summed E-state index contributed by atoms with van der Waals surface area (Å²) in [4.78, 5) is 11.3. The molecular formula is C17H22O3. The first-order chi connectivity index (χ1) is 9.72. The van der Waals surface area contributed by atoms with Gasteiger partial charge in [0.15, 0.2) is 0 Å². The molecule has 0 spiro atoms. The minimum absolute atomic E-state index is 0.0327. The van der Waals surface area contributed by atoms with Gasteiger partial charge in [-0.1, -0.05) is 37.3 Å². The van der Waals surface area contributed by atoms with Crippen LogP contribution < -0.4 is 4.74 Å². The monoisotopic (exact) mass is 274 g/mol. The van der Waals surface area contributed by atoms with Gasteiger partial charge in [-0.15, -0.1) is 0 Å². The molecule has 2 unspecified atom stereocenters. The molecule has 0 saturated heterocycles. The van der Waals surface area contributed by atoms with E-state index in [4.69, 9.17) is 9.47 Å². The average molecular weight is 274 g/mol. The van der Waals surface area contributed by atoms with Crippen LogP contribution in [0.5, 0.6) is 5.75 Å². The van der Waals surface area contributed by atoms with Gasteiger partial charge in [0.2, 0.25) is 0 Å². The Hall–Kier alpha value is -1.77. The van der Waals surface area contributed by atoms with Crippen LogP contribution in [0.4, 0.5) is 0 Å². The molecule has 0 radical (unpaired) electrons. The van der Waals surface area contributed by atoms with Crippen molar-refractivity contribution in [3.63, 3.8) is 0 Å². The van der Waals surface area contributed by atoms with Gasteiger partial charge in [0.25, 0.3) is 0 Å². The number of ether oxygens (including phenoxy) is 2. The minimum atomic E-state index is -0.202. The highest BCUT2D eigenvalue weighted by atomic mass is 16.5. The molecule has 3 nitrogen and oxygen atoms in total. The third kappa shape index (κ3) is 3.62. The molecule has 1 aromatic rings. The van der Waals surface area contributed by atoms with E-state index in [0.29, 0.717) is 6.61 Å². The number of rotatable bonds is 5. The summed E-state index contributed by atoms with van der Waals surface area (Å²) in [7, 11) is 0. The van der Waals surface area contributed by atoms with Crippen LogP contribution in [0.15, 0.2) is 36.9 Å². The SMILES string of the molecule is C=CCOc1ccccc1C1CCCCC1OC(C)=O. The maximum Gasteiger partial charge on any atom is 0.302 e. The van der Waals surface area contributed by atoms with Gasteiger partial charge < -0.3 is 9.47 Å². The van der Waals surface area contributed by atoms with E-state index in [1.165, 1.54) is 6.92 Å². The van der Waals surface area contributed by atoms with Gasteiger partial charge >= 0.3 is 5.97 Å². The molecule has 0 aromatic heterocycles. The summed E-state index contributed by atoms with van der Waals surface area (Å²) in [6, 6.07) is 8.02. The predicted octanol–water partition coefficient (Wildman–Crippen LogP) is 3.84. The van der Waals surface area contributed by atoms with Crippen LogP contribution in [0.3, 0.4) is 0 Å². The van der Waals surface area contributed by atoms with Crippen LogP contribution in [-0.2, 0) is 9.53 Å². The number of benzene rings is 1. The predicted molar refractivity (Wildman–Crippen MR) is 78.9 cm³/mol. The molecule has 2 rings (SSSR count). The van der Waals surface area contributed by atoms with E-state index in [-0.39, 0.29) is 18.0 Å². The number of para-hydroxylation sites is 1. The standard InChI is InChI=1S/C17H22O3/c1-3-12-19-16-10-6-4-8-14(16)15-9-5-7-11-17(15)20-13(2)18/h3-4,6,8,10,15,17H,1,5,7,9,11-12H2,2H3. The molecule has 0 N–H and O–H groups in total. The average Bonchev–Trinajstić information content (AvgIpc) is 2.45. The molecule has 0 heterocycles. The molecule has 1 aromatic carbocycles. The van der Waals surface area contributed by atoms with Gasteiger partial charge in [0.05, 0.1) is 0 Å². The van der Waals surface area contributed by atoms with Crippen LogP contribution >= 0.6 is 0 Å². The molecule has 0 bridgehead atoms. The summed E-state index contributed by atoms with van der Waals surface area (Å²) in [5.41, 5.74) is 1.14. The summed E-state index contributed by atoms with van der Waals surface area (Å²) < 4.78 is 11.2. The third-order valence-electron chi connectivity index (χ3n) is 3.70. The molecule has 1 fully saturated rings. The Bertz CT molecular complexity index is 467. The van der Waals surface area contributed by atoms with E-state index in [1.54, 1.807) is 6.08 Å². The smallest absolute Gasteiger partial charge is 0.302 e. The van der Waals surface area contributed by atoms with E-state index < -0.39 is 0 Å². The van der Waals surface area contributed by atoms with Crippen molar-refractivity contribution in [3.8, 4) is 5.75 Å². The first-order valence-corrected chi connectivity index (χ1v) is 7.22. The summed E-state index contributed by atoms with van der Waals surface area (Å²) in [5.74, 6) is 0.900. The Morgan fingerprint density at radius 3 is 2.85 bits per heavy atom. The van der Waals surface area contributed by atoms with Crippen molar-refractivity contribution >= 4 is 5.97 Å². The van der Waals surface area contributed by atoms with E-state index in [2.05, 4.69) is 12.6 Å². The van der Waals surface area contributed by atoms with Crippen molar-refractivity contribution < 1.29 is 14.3 Å². The molecular weight excluding hydrogens is 252 g/mol. The van der Waals surface area contributed by atoms with Gasteiger partial charge in [0, 0.05) is 18.4 Å². The summed E-state index contributed by atoms with van der Waals surface area (Å²) >= 11 is 0. The lowest BCUT2D eigenvalue weighted by molar-refractivity contribution is -0.148. The molecule has 20 heavy (non-hydrogen) atoms. The van der Waals surface area contributed by atoms with E-state index in [1.807, 2.05) is 18.2 Å². The van der Waals surface area contributed by atoms with Gasteiger partial charge in [-0.25, -0.2) is 0 Å². The van der Waals surface area contributed by atoms with Crippen molar-refractivity contribution in [2.24, 2.45) is 0 Å². The van der Waals surface area contributed by atoms with E-state index in [0.717, 1.165) is 37.0 Å². The Morgan fingerprint density at radius 1 is 1.35 bits per heavy atom. The van der Waals surface area contributed by atoms with Gasteiger partial charge in [0.1, 0.15) is 18.5 Å². The minimum Gasteiger partial charge on any atom is -0.489 e. The summed E-state index contributed by atoms with van der Waals surface area (Å²) in [5, 5.41) is 0. The quantitative estimate of drug-likeness (QED) is 0.604. The van der Waals surface area contributed by atoms with E-state index in [9.17, 15) is 4.79 Å². The Balaban J connectivity index is 2.22. The third-order valence-corrected chi connectivity index (χ3v) is 3.70. The number of hydrogen-bond donors (Lipinski definition) is 0. The second-order valence-corrected chi connectivity index (χ2v) is 5.18. The van der Waals surface area contributed by atoms with Crippen LogP contribution in [0.1, 0.15) is 44.1 Å². The second-order valence-electron chi connectivity index (χ2n) is 5.18. The lowest BCUT2D eigenvalue weighted by Gasteiger charge is -2.32. The van der Waals surface area contributed by atoms with Crippen molar-refractivity contribution in [1.82, 2.24) is 0 Å². The zero-order valence-corrected chi connectivity index (χ0v) is 12.0. The van der Waals surface area contributed by atoms with Crippen LogP contribution in [0, 0.1) is 0 Å². The summed E-state index contributed by atoms with van der Waals surface area (Å²) in [6.45, 7) is 5.64. The highest BCUT2D eigenvalue weighted by Crippen LogP contribution is 2.39. The molecule has 1 aliphatic rings. The van der Waals surface area contributed by atoms with Crippen LogP contribution in [0.2, 0.25) is 0 Å². The molecule has 0 amide bonds. The molecule has 3 heteroatoms. The topological polar surface area (TPSA) is 35.5 Å². The maximum absolute atomic E-state index is 11.3. The Morgan fingerprint density at radius 2 is 2.10 bits per heavy atom. The molecule has 2 atom stereocenters. The van der Waals surface area contributed by atoms with Crippen LogP contribution in [0.25, 0.3) is 0 Å². The molecule has 1 aliphatic carbocycles. The highest BCUT2D eigenvalue weighted by Gasteiger charge is 2.30.